The molecular formula is C48H25BBrF24N. The molecule has 0 unspecified atom stereocenters. The number of alkyl halides is 24. The number of benzene rings is 6. The molecule has 1 aromatic heterocycles. The fourth-order valence-electron chi connectivity index (χ4n) is 8.25. The van der Waals surface area contributed by atoms with Gasteiger partial charge in [0.25, 0.3) is 0 Å². The molecule has 400 valence electrons. The minimum Gasteiger partial charge on any atom is -0.194 e. The van der Waals surface area contributed by atoms with Crippen molar-refractivity contribution in [2.45, 2.75) is 56.0 Å². The minimum absolute atomic E-state index is 0.691. The van der Waals surface area contributed by atoms with E-state index in [-0.39, 0.29) is 0 Å². The van der Waals surface area contributed by atoms with Crippen LogP contribution in [0, 0.1) is 0 Å². The number of fused-ring (bicyclic) bond motifs is 1. The van der Waals surface area contributed by atoms with E-state index in [9.17, 15) is 105 Å². The van der Waals surface area contributed by atoms with Crippen molar-refractivity contribution >= 4 is 54.8 Å². The third kappa shape index (κ3) is 13.0. The molecule has 0 saturated carbocycles. The van der Waals surface area contributed by atoms with Crippen molar-refractivity contribution in [3.63, 3.8) is 0 Å². The Morgan fingerprint density at radius 1 is 0.320 bits per heavy atom. The van der Waals surface area contributed by atoms with Gasteiger partial charge >= 0.3 is 49.4 Å². The van der Waals surface area contributed by atoms with Crippen molar-refractivity contribution in [3.05, 3.63) is 194 Å². The molecule has 0 radical (unpaired) electrons. The van der Waals surface area contributed by atoms with Gasteiger partial charge in [-0.3, -0.25) is 0 Å². The van der Waals surface area contributed by atoms with Crippen LogP contribution in [0.4, 0.5) is 105 Å². The molecule has 1 heterocycles. The molecule has 0 N–H and O–H groups in total. The molecule has 7 rings (SSSR count). The molecule has 0 aliphatic heterocycles. The van der Waals surface area contributed by atoms with Gasteiger partial charge in [-0.1, -0.05) is 84.9 Å². The SMILES string of the molecule is Brc1cccc2c1ccc[n+]2Cc1ccccc1.FC(F)(F)c1cc([B-](c2cc(C(F)(F)F)cc(C(F)(F)F)c2)(c2cc(C(F)(F)F)cc(C(F)(F)F)c2)c2cc(C(F)(F)F)cc(C(F)(F)F)c2)cc(C(F)(F)F)c1. The van der Waals surface area contributed by atoms with Crippen LogP contribution in [0.5, 0.6) is 0 Å². The summed E-state index contributed by atoms with van der Waals surface area (Å²) in [7, 11) is 0. The van der Waals surface area contributed by atoms with Crippen molar-refractivity contribution in [2.75, 3.05) is 0 Å². The third-order valence-corrected chi connectivity index (χ3v) is 12.2. The van der Waals surface area contributed by atoms with Crippen LogP contribution < -0.4 is 26.4 Å². The van der Waals surface area contributed by atoms with Crippen molar-refractivity contribution in [1.29, 1.82) is 0 Å². The van der Waals surface area contributed by atoms with Gasteiger partial charge in [0.1, 0.15) is 6.15 Å². The van der Waals surface area contributed by atoms with Gasteiger partial charge in [0.15, 0.2) is 12.7 Å². The van der Waals surface area contributed by atoms with Crippen molar-refractivity contribution in [1.82, 2.24) is 0 Å². The van der Waals surface area contributed by atoms with Gasteiger partial charge in [0.05, 0.1) is 49.9 Å². The molecule has 75 heavy (non-hydrogen) atoms. The molecule has 27 heteroatoms. The quantitative estimate of drug-likeness (QED) is 0.0888. The van der Waals surface area contributed by atoms with Gasteiger partial charge in [-0.2, -0.15) is 132 Å². The predicted molar refractivity (Wildman–Crippen MR) is 227 cm³/mol. The van der Waals surface area contributed by atoms with Crippen LogP contribution in [0.3, 0.4) is 0 Å². The highest BCUT2D eigenvalue weighted by molar-refractivity contribution is 9.10. The van der Waals surface area contributed by atoms with Crippen LogP contribution in [-0.2, 0) is 56.0 Å². The van der Waals surface area contributed by atoms with E-state index < -0.39 is 195 Å². The lowest BCUT2D eigenvalue weighted by molar-refractivity contribution is -0.662. The zero-order valence-electron chi connectivity index (χ0n) is 36.5. The highest BCUT2D eigenvalue weighted by Gasteiger charge is 2.47. The highest BCUT2D eigenvalue weighted by atomic mass is 79.9. The summed E-state index contributed by atoms with van der Waals surface area (Å²) in [5.74, 6) is 0. The Hall–Kier alpha value is -6.41. The second-order valence-electron chi connectivity index (χ2n) is 16.5. The zero-order valence-corrected chi connectivity index (χ0v) is 38.0. The maximum atomic E-state index is 14.2. The molecule has 0 saturated heterocycles. The van der Waals surface area contributed by atoms with E-state index in [0.29, 0.717) is 0 Å². The molecule has 0 atom stereocenters. The lowest BCUT2D eigenvalue weighted by Crippen LogP contribution is -2.75. The molecule has 0 fully saturated rings. The average molecular weight is 1160 g/mol. The second-order valence-corrected chi connectivity index (χ2v) is 17.4. The zero-order chi connectivity index (χ0) is 56.3. The van der Waals surface area contributed by atoms with Gasteiger partial charge in [0, 0.05) is 22.2 Å². The fraction of sp³-hybridized carbons (Fsp3) is 0.188. The van der Waals surface area contributed by atoms with E-state index in [0.717, 1.165) is 11.0 Å². The van der Waals surface area contributed by atoms with Crippen LogP contribution in [0.2, 0.25) is 0 Å². The monoisotopic (exact) mass is 1160 g/mol. The van der Waals surface area contributed by atoms with E-state index in [1.165, 1.54) is 16.5 Å². The molecule has 0 aliphatic rings. The van der Waals surface area contributed by atoms with E-state index >= 15 is 0 Å². The third-order valence-electron chi connectivity index (χ3n) is 11.5. The second kappa shape index (κ2) is 19.9. The first-order valence-electron chi connectivity index (χ1n) is 20.6. The van der Waals surface area contributed by atoms with Crippen LogP contribution in [0.1, 0.15) is 50.1 Å². The van der Waals surface area contributed by atoms with E-state index in [4.69, 9.17) is 0 Å². The summed E-state index contributed by atoms with van der Waals surface area (Å²) in [5.41, 5.74) is -27.6. The van der Waals surface area contributed by atoms with Gasteiger partial charge in [-0.15, -0.1) is 0 Å². The normalized spacial score (nSPS) is 13.5. The Labute approximate surface area is 414 Å². The number of hydrogen-bond acceptors (Lipinski definition) is 0. The van der Waals surface area contributed by atoms with Crippen LogP contribution >= 0.6 is 15.9 Å². The summed E-state index contributed by atoms with van der Waals surface area (Å²) in [6, 6.07) is 12.3. The van der Waals surface area contributed by atoms with Crippen molar-refractivity contribution in [2.24, 2.45) is 0 Å². The minimum atomic E-state index is -6.13. The molecule has 6 aromatic carbocycles. The molecule has 0 bridgehead atoms. The first-order chi connectivity index (χ1) is 34.1. The number of rotatable bonds is 6. The summed E-state index contributed by atoms with van der Waals surface area (Å²) < 4.78 is 344. The summed E-state index contributed by atoms with van der Waals surface area (Å²) in [4.78, 5) is 0. The van der Waals surface area contributed by atoms with E-state index in [2.05, 4.69) is 81.3 Å². The van der Waals surface area contributed by atoms with E-state index in [1.807, 2.05) is 6.07 Å². The Morgan fingerprint density at radius 3 is 0.867 bits per heavy atom. The van der Waals surface area contributed by atoms with Gasteiger partial charge in [-0.25, -0.2) is 0 Å². The highest BCUT2D eigenvalue weighted by Crippen LogP contribution is 2.41. The van der Waals surface area contributed by atoms with Gasteiger partial charge in [0.2, 0.25) is 5.52 Å². The van der Waals surface area contributed by atoms with Crippen LogP contribution in [0.25, 0.3) is 10.9 Å². The Morgan fingerprint density at radius 2 is 0.600 bits per heavy atom. The molecular weight excluding hydrogens is 1140 g/mol. The molecule has 0 spiro atoms. The molecule has 7 aromatic rings. The topological polar surface area (TPSA) is 3.88 Å². The predicted octanol–water partition coefficient (Wildman–Crippen LogP) is 15.2. The van der Waals surface area contributed by atoms with Crippen molar-refractivity contribution in [3.8, 4) is 0 Å². The first kappa shape index (κ1) is 57.9. The number of pyridine rings is 1. The van der Waals surface area contributed by atoms with Gasteiger partial charge < -0.3 is 0 Å². The molecule has 0 amide bonds. The number of aromatic nitrogens is 1. The maximum absolute atomic E-state index is 14.2. The lowest BCUT2D eigenvalue weighted by Gasteiger charge is -2.46. The number of nitrogens with zero attached hydrogens (tertiary/aromatic N) is 1. The standard InChI is InChI=1S/C32H12BF24.C16H13BrN/c34-25(35,36)13-1-14(26(37,38)39)6-21(5-13)33(22-7-15(27(40,41)42)2-16(8-22)28(43,44)45,23-9-17(29(46,47)48)3-18(10-23)30(49,50)51)24-11-19(31(52,53)54)4-20(12-24)32(55,56)57;17-15-9-4-10-16-14(15)8-5-11-18(16)12-13-6-2-1-3-7-13/h1-12H;1-11H,12H2/q-1;+1. The van der Waals surface area contributed by atoms with Crippen LogP contribution in [0.15, 0.2) is 144 Å². The average Bonchev–Trinajstić information content (AvgIpc) is 3.27. The number of halogens is 25. The lowest BCUT2D eigenvalue weighted by atomic mass is 9.12. The van der Waals surface area contributed by atoms with Crippen molar-refractivity contribution < 1.29 is 110 Å². The first-order valence-corrected chi connectivity index (χ1v) is 21.4. The van der Waals surface area contributed by atoms with Gasteiger partial charge in [-0.05, 0) is 52.3 Å². The largest absolute Gasteiger partial charge is 0.416 e. The Balaban J connectivity index is 0.000000421. The summed E-state index contributed by atoms with van der Waals surface area (Å²) >= 11 is 3.60. The molecule has 1 nitrogen and oxygen atoms in total. The smallest absolute Gasteiger partial charge is 0.194 e. The van der Waals surface area contributed by atoms with E-state index in [1.54, 1.807) is 0 Å². The summed E-state index contributed by atoms with van der Waals surface area (Å²) in [5, 5.41) is 1.25. The summed E-state index contributed by atoms with van der Waals surface area (Å²) in [6.07, 6.45) is -52.7. The Bertz CT molecular complexity index is 2760. The van der Waals surface area contributed by atoms with Crippen LogP contribution in [-0.4, -0.2) is 6.15 Å². The maximum Gasteiger partial charge on any atom is 0.416 e. The fourth-order valence-corrected chi connectivity index (χ4v) is 8.74. The summed E-state index contributed by atoms with van der Waals surface area (Å²) in [6.45, 7) is 0.897. The Kier molecular flexibility index (Phi) is 15.4. The molecule has 0 aliphatic carbocycles. The number of hydrogen-bond donors (Lipinski definition) is 0.